The Morgan fingerprint density at radius 2 is 2.09 bits per heavy atom. The van der Waals surface area contributed by atoms with Crippen molar-refractivity contribution in [3.05, 3.63) is 46.8 Å². The predicted octanol–water partition coefficient (Wildman–Crippen LogP) is 3.03. The van der Waals surface area contributed by atoms with Gasteiger partial charge in [0.1, 0.15) is 0 Å². The summed E-state index contributed by atoms with van der Waals surface area (Å²) < 4.78 is 5.43. The van der Waals surface area contributed by atoms with Crippen LogP contribution in [0.4, 0.5) is 5.69 Å². The molecule has 0 saturated carbocycles. The minimum Gasteiger partial charge on any atom is -0.376 e. The molecule has 5 heteroatoms. The Balaban J connectivity index is 1.88. The molecule has 1 aromatic heterocycles. The van der Waals surface area contributed by atoms with Gasteiger partial charge in [0.05, 0.1) is 13.2 Å². The van der Waals surface area contributed by atoms with E-state index in [1.54, 1.807) is 0 Å². The number of benzene rings is 1. The standard InChI is InChI=1S/C17H21N3O2/c1-17(2,3)12-6-4-5-7-14(12)18-16(21)15-11-10-22-9-8-13(11)19-20-15/h4-7H,8-10H2,1-3H3,(H,18,21)(H,19,20). The highest BCUT2D eigenvalue weighted by atomic mass is 16.5. The molecule has 0 saturated heterocycles. The Kier molecular flexibility index (Phi) is 3.74. The number of carbonyl (C=O) groups excluding carboxylic acids is 1. The maximum atomic E-state index is 12.6. The molecule has 0 fully saturated rings. The zero-order valence-corrected chi connectivity index (χ0v) is 13.2. The number of H-pyrrole nitrogens is 1. The first-order valence-electron chi connectivity index (χ1n) is 7.51. The second-order valence-electron chi connectivity index (χ2n) is 6.58. The fraction of sp³-hybridized carbons (Fsp3) is 0.412. The van der Waals surface area contributed by atoms with Crippen molar-refractivity contribution < 1.29 is 9.53 Å². The van der Waals surface area contributed by atoms with E-state index in [1.807, 2.05) is 24.3 Å². The lowest BCUT2D eigenvalue weighted by Crippen LogP contribution is -2.20. The van der Waals surface area contributed by atoms with E-state index in [4.69, 9.17) is 4.74 Å². The van der Waals surface area contributed by atoms with Gasteiger partial charge >= 0.3 is 0 Å². The van der Waals surface area contributed by atoms with Crippen molar-refractivity contribution in [2.45, 2.75) is 39.2 Å². The molecule has 0 aliphatic carbocycles. The summed E-state index contributed by atoms with van der Waals surface area (Å²) in [5, 5.41) is 10.1. The lowest BCUT2D eigenvalue weighted by molar-refractivity contribution is 0.0985. The molecule has 1 amide bonds. The molecule has 1 aliphatic heterocycles. The number of anilines is 1. The van der Waals surface area contributed by atoms with Crippen molar-refractivity contribution >= 4 is 11.6 Å². The topological polar surface area (TPSA) is 67.0 Å². The summed E-state index contributed by atoms with van der Waals surface area (Å²) in [5.74, 6) is -0.195. The number of amides is 1. The lowest BCUT2D eigenvalue weighted by Gasteiger charge is -2.23. The average molecular weight is 299 g/mol. The largest absolute Gasteiger partial charge is 0.376 e. The predicted molar refractivity (Wildman–Crippen MR) is 85.0 cm³/mol. The number of carbonyl (C=O) groups is 1. The Bertz CT molecular complexity index is 698. The molecule has 2 aromatic rings. The van der Waals surface area contributed by atoms with Gasteiger partial charge in [0.25, 0.3) is 5.91 Å². The zero-order valence-electron chi connectivity index (χ0n) is 13.2. The van der Waals surface area contributed by atoms with Gasteiger partial charge in [0.15, 0.2) is 5.69 Å². The normalized spacial score (nSPS) is 14.5. The van der Waals surface area contributed by atoms with E-state index in [0.717, 1.165) is 28.9 Å². The van der Waals surface area contributed by atoms with Crippen LogP contribution in [-0.4, -0.2) is 22.7 Å². The Morgan fingerprint density at radius 3 is 2.86 bits per heavy atom. The highest BCUT2D eigenvalue weighted by Crippen LogP contribution is 2.29. The molecular formula is C17H21N3O2. The van der Waals surface area contributed by atoms with E-state index >= 15 is 0 Å². The highest BCUT2D eigenvalue weighted by molar-refractivity contribution is 6.04. The summed E-state index contributed by atoms with van der Waals surface area (Å²) >= 11 is 0. The van der Waals surface area contributed by atoms with Crippen molar-refractivity contribution in [2.24, 2.45) is 0 Å². The van der Waals surface area contributed by atoms with E-state index in [2.05, 4.69) is 36.3 Å². The summed E-state index contributed by atoms with van der Waals surface area (Å²) in [7, 11) is 0. The van der Waals surface area contributed by atoms with Crippen LogP contribution >= 0.6 is 0 Å². The van der Waals surface area contributed by atoms with E-state index < -0.39 is 0 Å². The van der Waals surface area contributed by atoms with E-state index in [-0.39, 0.29) is 11.3 Å². The van der Waals surface area contributed by atoms with Crippen LogP contribution in [0.15, 0.2) is 24.3 Å². The number of fused-ring (bicyclic) bond motifs is 1. The average Bonchev–Trinajstić information content (AvgIpc) is 2.90. The molecule has 1 aliphatic rings. The van der Waals surface area contributed by atoms with Gasteiger partial charge in [-0.05, 0) is 17.0 Å². The summed E-state index contributed by atoms with van der Waals surface area (Å²) in [6.07, 6.45) is 0.772. The number of aromatic nitrogens is 2. The van der Waals surface area contributed by atoms with Crippen LogP contribution in [0.1, 0.15) is 48.1 Å². The number of hydrogen-bond donors (Lipinski definition) is 2. The maximum absolute atomic E-state index is 12.6. The SMILES string of the molecule is CC(C)(C)c1ccccc1NC(=O)c1n[nH]c2c1COCC2. The molecule has 0 spiro atoms. The fourth-order valence-electron chi connectivity index (χ4n) is 2.73. The van der Waals surface area contributed by atoms with Crippen molar-refractivity contribution in [1.82, 2.24) is 10.2 Å². The summed E-state index contributed by atoms with van der Waals surface area (Å²) in [6.45, 7) is 7.49. The number of nitrogens with one attached hydrogen (secondary N) is 2. The van der Waals surface area contributed by atoms with Gasteiger partial charge in [-0.2, -0.15) is 5.10 Å². The lowest BCUT2D eigenvalue weighted by atomic mass is 9.86. The molecule has 0 radical (unpaired) electrons. The van der Waals surface area contributed by atoms with Crippen LogP contribution in [0.5, 0.6) is 0 Å². The first-order chi connectivity index (χ1) is 10.5. The molecule has 5 nitrogen and oxygen atoms in total. The van der Waals surface area contributed by atoms with Crippen LogP contribution in [0, 0.1) is 0 Å². The van der Waals surface area contributed by atoms with Crippen molar-refractivity contribution in [3.8, 4) is 0 Å². The van der Waals surface area contributed by atoms with Gasteiger partial charge < -0.3 is 10.1 Å². The van der Waals surface area contributed by atoms with Crippen LogP contribution in [-0.2, 0) is 23.2 Å². The number of para-hydroxylation sites is 1. The van der Waals surface area contributed by atoms with Gasteiger partial charge in [-0.1, -0.05) is 39.0 Å². The molecular weight excluding hydrogens is 278 g/mol. The van der Waals surface area contributed by atoms with E-state index in [1.165, 1.54) is 0 Å². The van der Waals surface area contributed by atoms with Crippen LogP contribution < -0.4 is 5.32 Å². The number of aromatic amines is 1. The zero-order chi connectivity index (χ0) is 15.7. The fourth-order valence-corrected chi connectivity index (χ4v) is 2.73. The second-order valence-corrected chi connectivity index (χ2v) is 6.58. The van der Waals surface area contributed by atoms with Gasteiger partial charge in [-0.3, -0.25) is 9.89 Å². The third kappa shape index (κ3) is 2.76. The van der Waals surface area contributed by atoms with Crippen LogP contribution in [0.2, 0.25) is 0 Å². The first kappa shape index (κ1) is 14.8. The van der Waals surface area contributed by atoms with E-state index in [0.29, 0.717) is 18.9 Å². The van der Waals surface area contributed by atoms with Crippen molar-refractivity contribution in [2.75, 3.05) is 11.9 Å². The Hall–Kier alpha value is -2.14. The van der Waals surface area contributed by atoms with Gasteiger partial charge in [-0.25, -0.2) is 0 Å². The molecule has 2 N–H and O–H groups in total. The number of hydrogen-bond acceptors (Lipinski definition) is 3. The molecule has 3 rings (SSSR count). The highest BCUT2D eigenvalue weighted by Gasteiger charge is 2.24. The van der Waals surface area contributed by atoms with Gasteiger partial charge in [-0.15, -0.1) is 0 Å². The minimum absolute atomic E-state index is 0.0437. The molecule has 0 bridgehead atoms. The molecule has 0 atom stereocenters. The monoisotopic (exact) mass is 299 g/mol. The Labute approximate surface area is 130 Å². The molecule has 22 heavy (non-hydrogen) atoms. The third-order valence-corrected chi connectivity index (χ3v) is 3.89. The van der Waals surface area contributed by atoms with Crippen molar-refractivity contribution in [1.29, 1.82) is 0 Å². The number of ether oxygens (including phenoxy) is 1. The molecule has 116 valence electrons. The Morgan fingerprint density at radius 1 is 1.32 bits per heavy atom. The quantitative estimate of drug-likeness (QED) is 0.895. The molecule has 1 aromatic carbocycles. The number of nitrogens with zero attached hydrogens (tertiary/aromatic N) is 1. The van der Waals surface area contributed by atoms with Crippen molar-refractivity contribution in [3.63, 3.8) is 0 Å². The third-order valence-electron chi connectivity index (χ3n) is 3.89. The minimum atomic E-state index is -0.195. The maximum Gasteiger partial charge on any atom is 0.276 e. The number of rotatable bonds is 2. The first-order valence-corrected chi connectivity index (χ1v) is 7.51. The molecule has 0 unspecified atom stereocenters. The smallest absolute Gasteiger partial charge is 0.276 e. The van der Waals surface area contributed by atoms with Gasteiger partial charge in [0, 0.05) is 23.4 Å². The van der Waals surface area contributed by atoms with E-state index in [9.17, 15) is 4.79 Å². The van der Waals surface area contributed by atoms with Crippen LogP contribution in [0.3, 0.4) is 0 Å². The summed E-state index contributed by atoms with van der Waals surface area (Å²) in [6, 6.07) is 7.88. The summed E-state index contributed by atoms with van der Waals surface area (Å²) in [4.78, 5) is 12.6. The van der Waals surface area contributed by atoms with Gasteiger partial charge in [0.2, 0.25) is 0 Å². The molecule has 2 heterocycles. The van der Waals surface area contributed by atoms with Crippen LogP contribution in [0.25, 0.3) is 0 Å². The second kappa shape index (κ2) is 5.57. The summed E-state index contributed by atoms with van der Waals surface area (Å²) in [5.41, 5.74) is 4.19.